The third-order valence-electron chi connectivity index (χ3n) is 3.60. The van der Waals surface area contributed by atoms with Crippen molar-refractivity contribution in [3.05, 3.63) is 52.5 Å². The Labute approximate surface area is 158 Å². The number of halogens is 1. The van der Waals surface area contributed by atoms with Gasteiger partial charge in [0.1, 0.15) is 5.75 Å². The van der Waals surface area contributed by atoms with Crippen molar-refractivity contribution in [3.8, 4) is 17.2 Å². The number of fused-ring (bicyclic) bond motifs is 1. The van der Waals surface area contributed by atoms with E-state index in [1.165, 1.54) is 25.3 Å². The van der Waals surface area contributed by atoms with Crippen molar-refractivity contribution in [2.24, 2.45) is 0 Å². The smallest absolute Gasteiger partial charge is 0.338 e. The van der Waals surface area contributed by atoms with Gasteiger partial charge in [-0.05, 0) is 24.3 Å². The summed E-state index contributed by atoms with van der Waals surface area (Å²) in [5, 5.41) is 2.31. The minimum atomic E-state index is -0.796. The minimum Gasteiger partial charge on any atom is -0.496 e. The second-order valence-electron chi connectivity index (χ2n) is 5.35. The molecule has 140 valence electrons. The Bertz CT molecular complexity index is 913. The first kappa shape index (κ1) is 18.5. The summed E-state index contributed by atoms with van der Waals surface area (Å²) in [6, 6.07) is 9.15. The van der Waals surface area contributed by atoms with Crippen LogP contribution < -0.4 is 19.5 Å². The monoisotopic (exact) mass is 391 g/mol. The molecule has 8 nitrogen and oxygen atoms in total. The molecule has 0 fully saturated rings. The average Bonchev–Trinajstić information content (AvgIpc) is 3.15. The molecule has 2 amide bonds. The topological polar surface area (TPSA) is 100 Å². The quantitative estimate of drug-likeness (QED) is 0.780. The third-order valence-corrected chi connectivity index (χ3v) is 3.88. The molecule has 0 unspecified atom stereocenters. The predicted molar refractivity (Wildman–Crippen MR) is 93.3 cm³/mol. The van der Waals surface area contributed by atoms with Gasteiger partial charge >= 0.3 is 5.97 Å². The van der Waals surface area contributed by atoms with Gasteiger partial charge in [-0.25, -0.2) is 4.79 Å². The lowest BCUT2D eigenvalue weighted by Crippen LogP contribution is -2.34. The van der Waals surface area contributed by atoms with Crippen molar-refractivity contribution in [2.75, 3.05) is 20.5 Å². The van der Waals surface area contributed by atoms with E-state index < -0.39 is 24.4 Å². The van der Waals surface area contributed by atoms with Crippen LogP contribution in [0.4, 0.5) is 0 Å². The first-order valence-corrected chi connectivity index (χ1v) is 8.11. The summed E-state index contributed by atoms with van der Waals surface area (Å²) in [5.41, 5.74) is 0.273. The molecular formula is C18H14ClNO7. The number of esters is 1. The fraction of sp³-hybridized carbons (Fsp3) is 0.167. The zero-order chi connectivity index (χ0) is 19.4. The van der Waals surface area contributed by atoms with Crippen LogP contribution in [0.15, 0.2) is 36.4 Å². The SMILES string of the molecule is COc1ccccc1C(=O)NC(=O)COC(=O)c1cc(Cl)c2c(c1)OCO2. The van der Waals surface area contributed by atoms with Crippen molar-refractivity contribution in [3.63, 3.8) is 0 Å². The molecule has 1 N–H and O–H groups in total. The fourth-order valence-electron chi connectivity index (χ4n) is 2.36. The van der Waals surface area contributed by atoms with Crippen molar-refractivity contribution < 1.29 is 33.3 Å². The maximum absolute atomic E-state index is 12.1. The number of imide groups is 1. The van der Waals surface area contributed by atoms with Gasteiger partial charge in [0.2, 0.25) is 6.79 Å². The highest BCUT2D eigenvalue weighted by molar-refractivity contribution is 6.32. The van der Waals surface area contributed by atoms with Gasteiger partial charge in [0.15, 0.2) is 18.1 Å². The number of carbonyl (C=O) groups excluding carboxylic acids is 3. The number of rotatable bonds is 5. The van der Waals surface area contributed by atoms with Crippen LogP contribution >= 0.6 is 11.6 Å². The molecule has 1 heterocycles. The zero-order valence-corrected chi connectivity index (χ0v) is 14.9. The van der Waals surface area contributed by atoms with Crippen molar-refractivity contribution in [2.45, 2.75) is 0 Å². The number of benzene rings is 2. The van der Waals surface area contributed by atoms with Gasteiger partial charge < -0.3 is 18.9 Å². The molecule has 9 heteroatoms. The van der Waals surface area contributed by atoms with Gasteiger partial charge in [0.25, 0.3) is 11.8 Å². The first-order chi connectivity index (χ1) is 13.0. The van der Waals surface area contributed by atoms with Gasteiger partial charge in [0.05, 0.1) is 23.3 Å². The van der Waals surface area contributed by atoms with Crippen LogP contribution in [0.2, 0.25) is 5.02 Å². The van der Waals surface area contributed by atoms with Crippen LogP contribution in [0.25, 0.3) is 0 Å². The zero-order valence-electron chi connectivity index (χ0n) is 14.1. The standard InChI is InChI=1S/C18H14ClNO7/c1-24-13-5-3-2-4-11(13)17(22)20-15(21)8-25-18(23)10-6-12(19)16-14(7-10)26-9-27-16/h2-7H,8-9H2,1H3,(H,20,21,22). The summed E-state index contributed by atoms with van der Waals surface area (Å²) in [6.07, 6.45) is 0. The molecule has 0 radical (unpaired) electrons. The van der Waals surface area contributed by atoms with E-state index in [-0.39, 0.29) is 22.9 Å². The van der Waals surface area contributed by atoms with Gasteiger partial charge in [-0.2, -0.15) is 0 Å². The van der Waals surface area contributed by atoms with Gasteiger partial charge in [-0.1, -0.05) is 23.7 Å². The molecule has 1 aliphatic rings. The third kappa shape index (κ3) is 4.12. The number of para-hydroxylation sites is 1. The Morgan fingerprint density at radius 1 is 1.19 bits per heavy atom. The van der Waals surface area contributed by atoms with Crippen LogP contribution in [-0.2, 0) is 9.53 Å². The Kier molecular flexibility index (Phi) is 5.46. The molecule has 0 saturated carbocycles. The Balaban J connectivity index is 1.58. The Morgan fingerprint density at radius 3 is 2.74 bits per heavy atom. The van der Waals surface area contributed by atoms with Crippen LogP contribution in [-0.4, -0.2) is 38.3 Å². The second kappa shape index (κ2) is 7.96. The highest BCUT2D eigenvalue weighted by Crippen LogP contribution is 2.39. The molecule has 1 aliphatic heterocycles. The van der Waals surface area contributed by atoms with Crippen LogP contribution in [0.5, 0.6) is 17.2 Å². The van der Waals surface area contributed by atoms with Crippen molar-refractivity contribution in [1.29, 1.82) is 0 Å². The van der Waals surface area contributed by atoms with Crippen molar-refractivity contribution in [1.82, 2.24) is 5.32 Å². The second-order valence-corrected chi connectivity index (χ2v) is 5.75. The minimum absolute atomic E-state index is 0.00101. The number of amides is 2. The maximum Gasteiger partial charge on any atom is 0.338 e. The molecule has 27 heavy (non-hydrogen) atoms. The summed E-state index contributed by atoms with van der Waals surface area (Å²) in [7, 11) is 1.41. The van der Waals surface area contributed by atoms with E-state index in [2.05, 4.69) is 5.32 Å². The summed E-state index contributed by atoms with van der Waals surface area (Å²) < 4.78 is 20.3. The molecule has 0 aliphatic carbocycles. The first-order valence-electron chi connectivity index (χ1n) is 7.73. The van der Waals surface area contributed by atoms with Gasteiger partial charge in [0, 0.05) is 0 Å². The number of ether oxygens (including phenoxy) is 4. The molecule has 2 aromatic rings. The molecule has 0 saturated heterocycles. The van der Waals surface area contributed by atoms with E-state index in [4.69, 9.17) is 30.5 Å². The summed E-state index contributed by atoms with van der Waals surface area (Å²) >= 11 is 6.00. The molecule has 3 rings (SSSR count). The van der Waals surface area contributed by atoms with Crippen molar-refractivity contribution >= 4 is 29.4 Å². The fourth-order valence-corrected chi connectivity index (χ4v) is 2.63. The summed E-state index contributed by atoms with van der Waals surface area (Å²) in [4.78, 5) is 36.1. The largest absolute Gasteiger partial charge is 0.496 e. The summed E-state index contributed by atoms with van der Waals surface area (Å²) in [5.74, 6) is -1.28. The van der Waals surface area contributed by atoms with Crippen LogP contribution in [0.1, 0.15) is 20.7 Å². The normalized spacial score (nSPS) is 11.6. The lowest BCUT2D eigenvalue weighted by atomic mass is 10.2. The van der Waals surface area contributed by atoms with E-state index in [1.54, 1.807) is 18.2 Å². The number of carbonyl (C=O) groups is 3. The molecule has 0 atom stereocenters. The van der Waals surface area contributed by atoms with E-state index in [0.717, 1.165) is 0 Å². The van der Waals surface area contributed by atoms with E-state index in [1.807, 2.05) is 0 Å². The molecule has 2 aromatic carbocycles. The van der Waals surface area contributed by atoms with Crippen LogP contribution in [0, 0.1) is 0 Å². The summed E-state index contributed by atoms with van der Waals surface area (Å²) in [6.45, 7) is -0.646. The molecule has 0 bridgehead atoms. The molecule has 0 spiro atoms. The predicted octanol–water partition coefficient (Wildman–Crippen LogP) is 2.19. The lowest BCUT2D eigenvalue weighted by Gasteiger charge is -2.09. The lowest BCUT2D eigenvalue weighted by molar-refractivity contribution is -0.123. The maximum atomic E-state index is 12.1. The highest BCUT2D eigenvalue weighted by Gasteiger charge is 2.22. The highest BCUT2D eigenvalue weighted by atomic mass is 35.5. The Morgan fingerprint density at radius 2 is 1.96 bits per heavy atom. The van der Waals surface area contributed by atoms with E-state index >= 15 is 0 Å². The Hall–Kier alpha value is -3.26. The van der Waals surface area contributed by atoms with Crippen LogP contribution in [0.3, 0.4) is 0 Å². The average molecular weight is 392 g/mol. The van der Waals surface area contributed by atoms with Gasteiger partial charge in [-0.3, -0.25) is 14.9 Å². The molecular weight excluding hydrogens is 378 g/mol. The number of methoxy groups -OCH3 is 1. The number of hydrogen-bond donors (Lipinski definition) is 1. The van der Waals surface area contributed by atoms with E-state index in [0.29, 0.717) is 17.2 Å². The number of hydrogen-bond acceptors (Lipinski definition) is 7. The molecule has 0 aromatic heterocycles. The number of nitrogens with one attached hydrogen (secondary N) is 1. The van der Waals surface area contributed by atoms with E-state index in [9.17, 15) is 14.4 Å². The van der Waals surface area contributed by atoms with Gasteiger partial charge in [-0.15, -0.1) is 0 Å².